The zero-order chi connectivity index (χ0) is 22.1. The van der Waals surface area contributed by atoms with Gasteiger partial charge in [0.2, 0.25) is 0 Å². The molecule has 2 heterocycles. The van der Waals surface area contributed by atoms with Gasteiger partial charge in [-0.3, -0.25) is 9.59 Å². The molecule has 2 aromatic carbocycles. The summed E-state index contributed by atoms with van der Waals surface area (Å²) in [6.45, 7) is 8.06. The molecule has 162 valence electrons. The molecule has 0 atom stereocenters. The Morgan fingerprint density at radius 2 is 1.52 bits per heavy atom. The molecule has 5 nitrogen and oxygen atoms in total. The highest BCUT2D eigenvalue weighted by Crippen LogP contribution is 2.37. The molecule has 4 rings (SSSR count). The van der Waals surface area contributed by atoms with Gasteiger partial charge in [0.15, 0.2) is 0 Å². The van der Waals surface area contributed by atoms with Crippen LogP contribution in [0.15, 0.2) is 54.2 Å². The van der Waals surface area contributed by atoms with Crippen molar-refractivity contribution < 1.29 is 14.3 Å². The summed E-state index contributed by atoms with van der Waals surface area (Å²) in [6.07, 6.45) is 2.04. The lowest BCUT2D eigenvalue weighted by Gasteiger charge is -2.32. The third-order valence-corrected chi connectivity index (χ3v) is 6.36. The van der Waals surface area contributed by atoms with Crippen LogP contribution >= 0.6 is 0 Å². The predicted octanol–water partition coefficient (Wildman–Crippen LogP) is 4.84. The van der Waals surface area contributed by atoms with Crippen molar-refractivity contribution in [3.63, 3.8) is 0 Å². The van der Waals surface area contributed by atoms with E-state index in [-0.39, 0.29) is 11.8 Å². The monoisotopic (exact) mass is 418 g/mol. The van der Waals surface area contributed by atoms with Crippen LogP contribution in [0.4, 0.5) is 5.69 Å². The first-order valence-corrected chi connectivity index (χ1v) is 11.0. The molecule has 2 aromatic rings. The van der Waals surface area contributed by atoms with Gasteiger partial charge >= 0.3 is 0 Å². The quantitative estimate of drug-likeness (QED) is 0.653. The van der Waals surface area contributed by atoms with Gasteiger partial charge in [-0.15, -0.1) is 0 Å². The van der Waals surface area contributed by atoms with Crippen LogP contribution in [-0.4, -0.2) is 36.9 Å². The number of likely N-dealkylation sites (tertiary alicyclic amines) is 1. The van der Waals surface area contributed by atoms with Crippen LogP contribution in [-0.2, 0) is 9.59 Å². The Morgan fingerprint density at radius 1 is 0.903 bits per heavy atom. The van der Waals surface area contributed by atoms with Gasteiger partial charge in [-0.25, -0.2) is 4.90 Å². The average Bonchev–Trinajstić information content (AvgIpc) is 3.04. The van der Waals surface area contributed by atoms with Crippen molar-refractivity contribution in [1.29, 1.82) is 0 Å². The number of anilines is 1. The van der Waals surface area contributed by atoms with Gasteiger partial charge in [0.25, 0.3) is 11.8 Å². The minimum absolute atomic E-state index is 0.234. The molecule has 1 saturated heterocycles. The highest BCUT2D eigenvalue weighted by molar-refractivity contribution is 6.45. The molecule has 0 radical (unpaired) electrons. The number of methoxy groups -OCH3 is 1. The predicted molar refractivity (Wildman–Crippen MR) is 123 cm³/mol. The number of benzene rings is 2. The van der Waals surface area contributed by atoms with E-state index in [1.807, 2.05) is 48.5 Å². The maximum atomic E-state index is 13.6. The topological polar surface area (TPSA) is 49.9 Å². The van der Waals surface area contributed by atoms with Crippen LogP contribution in [0.25, 0.3) is 5.57 Å². The van der Waals surface area contributed by atoms with Crippen molar-refractivity contribution in [1.82, 2.24) is 4.90 Å². The summed E-state index contributed by atoms with van der Waals surface area (Å²) in [4.78, 5) is 30.6. The Kier molecular flexibility index (Phi) is 5.86. The van der Waals surface area contributed by atoms with E-state index in [0.29, 0.717) is 28.8 Å². The lowest BCUT2D eigenvalue weighted by atomic mass is 9.97. The fraction of sp³-hybridized carbons (Fsp3) is 0.385. The normalized spacial score (nSPS) is 17.8. The number of piperidine rings is 1. The van der Waals surface area contributed by atoms with E-state index >= 15 is 0 Å². The minimum Gasteiger partial charge on any atom is -0.497 e. The maximum absolute atomic E-state index is 13.6. The summed E-state index contributed by atoms with van der Waals surface area (Å²) in [5.74, 6) is 1.24. The number of hydrogen-bond acceptors (Lipinski definition) is 4. The largest absolute Gasteiger partial charge is 0.497 e. The molecule has 0 aromatic heterocycles. The molecule has 0 bridgehead atoms. The standard InChI is InChI=1S/C26H30N2O3/c1-17(2)19-5-9-21(10-6-19)28-25(29)23(20-7-11-22(31-4)12-8-20)24(26(28)30)27-15-13-18(3)14-16-27/h5-12,17-18H,13-16H2,1-4H3. The zero-order valence-corrected chi connectivity index (χ0v) is 18.7. The number of carbonyl (C=O) groups is 2. The van der Waals surface area contributed by atoms with E-state index < -0.39 is 0 Å². The molecule has 0 aliphatic carbocycles. The third-order valence-electron chi connectivity index (χ3n) is 6.36. The molecule has 2 aliphatic rings. The van der Waals surface area contributed by atoms with E-state index in [4.69, 9.17) is 4.74 Å². The van der Waals surface area contributed by atoms with E-state index in [1.165, 1.54) is 10.5 Å². The van der Waals surface area contributed by atoms with E-state index in [2.05, 4.69) is 25.7 Å². The van der Waals surface area contributed by atoms with Gasteiger partial charge in [-0.2, -0.15) is 0 Å². The number of imide groups is 1. The van der Waals surface area contributed by atoms with Crippen LogP contribution in [0.2, 0.25) is 0 Å². The Balaban J connectivity index is 1.76. The van der Waals surface area contributed by atoms with Crippen molar-refractivity contribution in [2.24, 2.45) is 5.92 Å². The lowest BCUT2D eigenvalue weighted by Crippen LogP contribution is -2.38. The first-order chi connectivity index (χ1) is 14.9. The first-order valence-electron chi connectivity index (χ1n) is 11.0. The van der Waals surface area contributed by atoms with Crippen LogP contribution < -0.4 is 9.64 Å². The van der Waals surface area contributed by atoms with Gasteiger partial charge in [-0.05, 0) is 60.1 Å². The second-order valence-electron chi connectivity index (χ2n) is 8.81. The summed E-state index contributed by atoms with van der Waals surface area (Å²) >= 11 is 0. The fourth-order valence-corrected chi connectivity index (χ4v) is 4.30. The van der Waals surface area contributed by atoms with Gasteiger partial charge < -0.3 is 9.64 Å². The highest BCUT2D eigenvalue weighted by Gasteiger charge is 2.43. The second-order valence-corrected chi connectivity index (χ2v) is 8.81. The first kappa shape index (κ1) is 21.2. The average molecular weight is 419 g/mol. The molecular weight excluding hydrogens is 388 g/mol. The van der Waals surface area contributed by atoms with Crippen molar-refractivity contribution in [2.45, 2.75) is 39.5 Å². The highest BCUT2D eigenvalue weighted by atomic mass is 16.5. The number of carbonyl (C=O) groups excluding carboxylic acids is 2. The molecule has 1 fully saturated rings. The van der Waals surface area contributed by atoms with Gasteiger partial charge in [0.1, 0.15) is 11.4 Å². The van der Waals surface area contributed by atoms with Gasteiger partial charge in [-0.1, -0.05) is 45.0 Å². The van der Waals surface area contributed by atoms with Crippen molar-refractivity contribution in [3.05, 3.63) is 65.4 Å². The Bertz CT molecular complexity index is 998. The lowest BCUT2D eigenvalue weighted by molar-refractivity contribution is -0.120. The molecule has 5 heteroatoms. The number of hydrogen-bond donors (Lipinski definition) is 0. The summed E-state index contributed by atoms with van der Waals surface area (Å²) in [5.41, 5.74) is 3.54. The molecule has 31 heavy (non-hydrogen) atoms. The molecule has 2 aliphatic heterocycles. The number of amides is 2. The molecule has 0 N–H and O–H groups in total. The fourth-order valence-electron chi connectivity index (χ4n) is 4.30. The van der Waals surface area contributed by atoms with Crippen LogP contribution in [0, 0.1) is 5.92 Å². The van der Waals surface area contributed by atoms with Crippen molar-refractivity contribution in [2.75, 3.05) is 25.1 Å². The molecular formula is C26H30N2O3. The maximum Gasteiger partial charge on any atom is 0.282 e. The molecule has 0 spiro atoms. The van der Waals surface area contributed by atoms with Gasteiger partial charge in [0, 0.05) is 13.1 Å². The number of ether oxygens (including phenoxy) is 1. The van der Waals surface area contributed by atoms with Crippen LogP contribution in [0.5, 0.6) is 5.75 Å². The smallest absolute Gasteiger partial charge is 0.282 e. The Hall–Kier alpha value is -3.08. The van der Waals surface area contributed by atoms with Crippen LogP contribution in [0.1, 0.15) is 50.7 Å². The second kappa shape index (κ2) is 8.58. The zero-order valence-electron chi connectivity index (χ0n) is 18.7. The summed E-state index contributed by atoms with van der Waals surface area (Å²) in [6, 6.07) is 15.1. The minimum atomic E-state index is -0.263. The number of nitrogens with zero attached hydrogens (tertiary/aromatic N) is 2. The van der Waals surface area contributed by atoms with E-state index in [0.717, 1.165) is 37.2 Å². The van der Waals surface area contributed by atoms with Gasteiger partial charge in [0.05, 0.1) is 18.4 Å². The summed E-state index contributed by atoms with van der Waals surface area (Å²) in [5, 5.41) is 0. The molecule has 0 unspecified atom stereocenters. The van der Waals surface area contributed by atoms with Crippen molar-refractivity contribution >= 4 is 23.1 Å². The van der Waals surface area contributed by atoms with Crippen LogP contribution in [0.3, 0.4) is 0 Å². The molecule has 2 amide bonds. The SMILES string of the molecule is COc1ccc(C2=C(N3CCC(C)CC3)C(=O)N(c3ccc(C(C)C)cc3)C2=O)cc1. The van der Waals surface area contributed by atoms with E-state index in [1.54, 1.807) is 7.11 Å². The third kappa shape index (κ3) is 3.97. The van der Waals surface area contributed by atoms with E-state index in [9.17, 15) is 9.59 Å². The van der Waals surface area contributed by atoms with Crippen molar-refractivity contribution in [3.8, 4) is 5.75 Å². The molecule has 0 saturated carbocycles. The number of rotatable bonds is 5. The summed E-state index contributed by atoms with van der Waals surface area (Å²) in [7, 11) is 1.61. The Labute approximate surface area is 184 Å². The Morgan fingerprint density at radius 3 is 2.06 bits per heavy atom. The summed E-state index contributed by atoms with van der Waals surface area (Å²) < 4.78 is 5.27.